The molecule has 0 fully saturated rings. The van der Waals surface area contributed by atoms with Crippen molar-refractivity contribution in [2.75, 3.05) is 5.32 Å². The van der Waals surface area contributed by atoms with E-state index in [0.717, 1.165) is 5.56 Å². The molecule has 1 amide bonds. The van der Waals surface area contributed by atoms with Gasteiger partial charge in [-0.05, 0) is 11.6 Å². The molecular weight excluding hydrogens is 218 g/mol. The number of rotatable bonds is 3. The molecule has 2 aromatic rings. The average Bonchev–Trinajstić information content (AvgIpc) is 2.68. The van der Waals surface area contributed by atoms with Gasteiger partial charge in [-0.15, -0.1) is 0 Å². The predicted octanol–water partition coefficient (Wildman–Crippen LogP) is 1.28. The van der Waals surface area contributed by atoms with Gasteiger partial charge in [0, 0.05) is 12.5 Å². The summed E-state index contributed by atoms with van der Waals surface area (Å²) in [6.07, 6.45) is 1.65. The van der Waals surface area contributed by atoms with Gasteiger partial charge in [-0.3, -0.25) is 14.6 Å². The molecule has 1 N–H and O–H groups in total. The van der Waals surface area contributed by atoms with Gasteiger partial charge in [0.15, 0.2) is 0 Å². The predicted molar refractivity (Wildman–Crippen MR) is 61.3 cm³/mol. The van der Waals surface area contributed by atoms with Crippen molar-refractivity contribution in [3.63, 3.8) is 0 Å². The number of anilines is 1. The minimum Gasteiger partial charge on any atom is -0.289 e. The van der Waals surface area contributed by atoms with Crippen molar-refractivity contribution in [3.8, 4) is 0 Å². The molecule has 0 atom stereocenters. The van der Waals surface area contributed by atoms with Crippen molar-refractivity contribution < 1.29 is 14.0 Å². The van der Waals surface area contributed by atoms with Crippen LogP contribution in [0.4, 0.5) is 5.88 Å². The van der Waals surface area contributed by atoms with Gasteiger partial charge in [0.05, 0.1) is 0 Å². The summed E-state index contributed by atoms with van der Waals surface area (Å²) in [6.45, 7) is 4.08. The Morgan fingerprint density at radius 3 is 2.76 bits per heavy atom. The van der Waals surface area contributed by atoms with Crippen LogP contribution in [0.2, 0.25) is 0 Å². The Morgan fingerprint density at radius 1 is 1.41 bits per heavy atom. The van der Waals surface area contributed by atoms with Crippen LogP contribution in [0.3, 0.4) is 0 Å². The highest BCUT2D eigenvalue weighted by molar-refractivity contribution is 5.86. The standard InChI is InChI=1S/C12H13N3O2/c1-9-3-5-11(6-4-9)7-15-8-12(17-14-15)13-10(2)16/h3-6,8H,7H2,1-2H3/p+1. The largest absolute Gasteiger partial charge is 0.302 e. The van der Waals surface area contributed by atoms with Crippen LogP contribution in [-0.2, 0) is 11.3 Å². The topological polar surface area (TPSA) is 59.0 Å². The molecule has 5 nitrogen and oxygen atoms in total. The Morgan fingerprint density at radius 2 is 2.12 bits per heavy atom. The molecular formula is C12H14N3O2+. The van der Waals surface area contributed by atoms with E-state index in [1.165, 1.54) is 12.5 Å². The maximum absolute atomic E-state index is 10.8. The Balaban J connectivity index is 2.06. The maximum Gasteiger partial charge on any atom is 0.302 e. The van der Waals surface area contributed by atoms with E-state index in [2.05, 4.69) is 10.6 Å². The molecule has 17 heavy (non-hydrogen) atoms. The smallest absolute Gasteiger partial charge is 0.289 e. The Labute approximate surface area is 99.0 Å². The third-order valence-electron chi connectivity index (χ3n) is 2.27. The number of hydrogen-bond donors (Lipinski definition) is 1. The molecule has 0 saturated carbocycles. The number of nitrogens with zero attached hydrogens (tertiary/aromatic N) is 2. The minimum absolute atomic E-state index is 0.177. The van der Waals surface area contributed by atoms with E-state index < -0.39 is 0 Å². The summed E-state index contributed by atoms with van der Waals surface area (Å²) in [7, 11) is 0. The van der Waals surface area contributed by atoms with Crippen LogP contribution in [0.15, 0.2) is 35.0 Å². The number of aryl methyl sites for hydroxylation is 1. The lowest BCUT2D eigenvalue weighted by Crippen LogP contribution is -2.35. The first kappa shape index (κ1) is 11.3. The second-order valence-corrected chi connectivity index (χ2v) is 3.93. The lowest BCUT2D eigenvalue weighted by Gasteiger charge is -1.93. The van der Waals surface area contributed by atoms with Crippen molar-refractivity contribution in [1.82, 2.24) is 5.27 Å². The molecule has 0 aliphatic heterocycles. The van der Waals surface area contributed by atoms with Gasteiger partial charge >= 0.3 is 5.88 Å². The summed E-state index contributed by atoms with van der Waals surface area (Å²) in [5.74, 6) is 0.174. The van der Waals surface area contributed by atoms with E-state index in [0.29, 0.717) is 12.4 Å². The number of hydrogen-bond acceptors (Lipinski definition) is 3. The van der Waals surface area contributed by atoms with Crippen LogP contribution in [-0.4, -0.2) is 11.2 Å². The molecule has 0 saturated heterocycles. The van der Waals surface area contributed by atoms with Gasteiger partial charge < -0.3 is 0 Å². The first-order valence-corrected chi connectivity index (χ1v) is 5.33. The van der Waals surface area contributed by atoms with Crippen molar-refractivity contribution >= 4 is 11.8 Å². The molecule has 0 aliphatic carbocycles. The van der Waals surface area contributed by atoms with E-state index >= 15 is 0 Å². The fourth-order valence-electron chi connectivity index (χ4n) is 1.46. The average molecular weight is 232 g/mol. The molecule has 5 heteroatoms. The van der Waals surface area contributed by atoms with Crippen LogP contribution < -0.4 is 10.00 Å². The summed E-state index contributed by atoms with van der Waals surface area (Å²) in [4.78, 5) is 10.8. The second kappa shape index (κ2) is 4.78. The number of carbonyl (C=O) groups is 1. The molecule has 0 unspecified atom stereocenters. The molecule has 1 aromatic heterocycles. The molecule has 0 spiro atoms. The molecule has 0 aliphatic rings. The third kappa shape index (κ3) is 3.14. The van der Waals surface area contributed by atoms with Crippen molar-refractivity contribution in [2.24, 2.45) is 0 Å². The molecule has 1 heterocycles. The number of benzene rings is 1. The van der Waals surface area contributed by atoms with Gasteiger partial charge in [-0.2, -0.15) is 0 Å². The highest BCUT2D eigenvalue weighted by atomic mass is 16.5. The maximum atomic E-state index is 10.8. The van der Waals surface area contributed by atoms with Gasteiger partial charge in [-0.25, -0.2) is 0 Å². The molecule has 0 bridgehead atoms. The number of aromatic nitrogens is 2. The zero-order valence-electron chi connectivity index (χ0n) is 9.80. The van der Waals surface area contributed by atoms with E-state index in [1.807, 2.05) is 31.2 Å². The zero-order chi connectivity index (χ0) is 12.3. The fraction of sp³-hybridized carbons (Fsp3) is 0.250. The Kier molecular flexibility index (Phi) is 3.18. The van der Waals surface area contributed by atoms with E-state index in [1.54, 1.807) is 10.9 Å². The number of amides is 1. The van der Waals surface area contributed by atoms with Crippen molar-refractivity contribution in [1.29, 1.82) is 0 Å². The molecule has 2 rings (SSSR count). The summed E-state index contributed by atoms with van der Waals surface area (Å²) in [5, 5.41) is 6.35. The van der Waals surface area contributed by atoms with Crippen LogP contribution in [0.1, 0.15) is 18.1 Å². The van der Waals surface area contributed by atoms with E-state index in [-0.39, 0.29) is 5.91 Å². The third-order valence-corrected chi connectivity index (χ3v) is 2.27. The highest BCUT2D eigenvalue weighted by Crippen LogP contribution is 2.04. The van der Waals surface area contributed by atoms with Gasteiger partial charge in [0.1, 0.15) is 0 Å². The van der Waals surface area contributed by atoms with Crippen molar-refractivity contribution in [3.05, 3.63) is 41.6 Å². The fourth-order valence-corrected chi connectivity index (χ4v) is 1.46. The van der Waals surface area contributed by atoms with E-state index in [4.69, 9.17) is 4.52 Å². The summed E-state index contributed by atoms with van der Waals surface area (Å²) < 4.78 is 6.59. The summed E-state index contributed by atoms with van der Waals surface area (Å²) in [5.41, 5.74) is 2.35. The van der Waals surface area contributed by atoms with Gasteiger partial charge in [-0.1, -0.05) is 29.8 Å². The van der Waals surface area contributed by atoms with Crippen LogP contribution in [0.5, 0.6) is 0 Å². The van der Waals surface area contributed by atoms with Gasteiger partial charge in [0.25, 0.3) is 6.20 Å². The van der Waals surface area contributed by atoms with Crippen LogP contribution >= 0.6 is 0 Å². The second-order valence-electron chi connectivity index (χ2n) is 3.93. The zero-order valence-corrected chi connectivity index (χ0v) is 9.80. The highest BCUT2D eigenvalue weighted by Gasteiger charge is 2.12. The quantitative estimate of drug-likeness (QED) is 0.811. The first-order valence-electron chi connectivity index (χ1n) is 5.33. The van der Waals surface area contributed by atoms with Crippen LogP contribution in [0.25, 0.3) is 0 Å². The number of nitrogens with one attached hydrogen (secondary N) is 1. The Hall–Kier alpha value is -2.17. The van der Waals surface area contributed by atoms with Crippen molar-refractivity contribution in [2.45, 2.75) is 20.4 Å². The first-order chi connectivity index (χ1) is 8.13. The Bertz CT molecular complexity index is 517. The summed E-state index contributed by atoms with van der Waals surface area (Å²) >= 11 is 0. The molecule has 1 aromatic carbocycles. The molecule has 0 radical (unpaired) electrons. The SMILES string of the molecule is CC(=O)Nc1c[n+](Cc2ccc(C)cc2)no1. The molecule has 88 valence electrons. The lowest BCUT2D eigenvalue weighted by molar-refractivity contribution is -0.754. The normalized spacial score (nSPS) is 10.2. The van der Waals surface area contributed by atoms with Crippen LogP contribution in [0, 0.1) is 6.92 Å². The van der Waals surface area contributed by atoms with E-state index in [9.17, 15) is 4.79 Å². The monoisotopic (exact) mass is 232 g/mol. The van der Waals surface area contributed by atoms with Gasteiger partial charge in [0.2, 0.25) is 17.7 Å². The summed E-state index contributed by atoms with van der Waals surface area (Å²) in [6, 6.07) is 8.17. The lowest BCUT2D eigenvalue weighted by atomic mass is 10.1. The minimum atomic E-state index is -0.177. The number of carbonyl (C=O) groups excluding carboxylic acids is 1.